The second-order valence-electron chi connectivity index (χ2n) is 5.92. The van der Waals surface area contributed by atoms with Crippen LogP contribution in [0.2, 0.25) is 0 Å². The summed E-state index contributed by atoms with van der Waals surface area (Å²) in [6.45, 7) is 7.94. The second-order valence-corrected chi connectivity index (χ2v) is 5.92. The molecule has 0 radical (unpaired) electrons. The van der Waals surface area contributed by atoms with Gasteiger partial charge in [-0.1, -0.05) is 31.0 Å². The number of amides is 1. The zero-order valence-corrected chi connectivity index (χ0v) is 14.1. The molecule has 1 amide bonds. The molecule has 1 heterocycles. The number of aryl methyl sites for hydroxylation is 4. The summed E-state index contributed by atoms with van der Waals surface area (Å²) in [7, 11) is 0. The molecule has 0 bridgehead atoms. The lowest BCUT2D eigenvalue weighted by Crippen LogP contribution is -2.28. The largest absolute Gasteiger partial charge is 0.324 e. The van der Waals surface area contributed by atoms with Gasteiger partial charge in [-0.25, -0.2) is 4.98 Å². The fraction of sp³-hybridized carbons (Fsp3) is 0.389. The van der Waals surface area contributed by atoms with Crippen LogP contribution < -0.4 is 10.9 Å². The number of carbonyl (C=O) groups excluding carboxylic acids is 1. The van der Waals surface area contributed by atoms with Crippen LogP contribution in [0, 0.1) is 20.8 Å². The third-order valence-electron chi connectivity index (χ3n) is 3.70. The Morgan fingerprint density at radius 2 is 1.83 bits per heavy atom. The zero-order chi connectivity index (χ0) is 17.0. The van der Waals surface area contributed by atoms with Gasteiger partial charge < -0.3 is 5.32 Å². The van der Waals surface area contributed by atoms with Crippen molar-refractivity contribution in [1.29, 1.82) is 0 Å². The van der Waals surface area contributed by atoms with E-state index in [1.807, 2.05) is 39.8 Å². The molecule has 0 fully saturated rings. The van der Waals surface area contributed by atoms with E-state index in [1.165, 1.54) is 17.0 Å². The molecule has 1 N–H and O–H groups in total. The van der Waals surface area contributed by atoms with Crippen molar-refractivity contribution in [1.82, 2.24) is 9.55 Å². The first-order valence-electron chi connectivity index (χ1n) is 7.83. The molecule has 23 heavy (non-hydrogen) atoms. The van der Waals surface area contributed by atoms with Crippen LogP contribution in [-0.4, -0.2) is 15.5 Å². The number of carbonyl (C=O) groups is 1. The third kappa shape index (κ3) is 4.28. The maximum absolute atomic E-state index is 12.2. The number of benzene rings is 1. The number of anilines is 1. The molecule has 0 aliphatic heterocycles. The fourth-order valence-corrected chi connectivity index (χ4v) is 2.69. The van der Waals surface area contributed by atoms with Gasteiger partial charge in [0.05, 0.1) is 6.33 Å². The normalized spacial score (nSPS) is 10.6. The maximum Gasteiger partial charge on any atom is 0.253 e. The number of aromatic nitrogens is 2. The van der Waals surface area contributed by atoms with Crippen LogP contribution in [-0.2, 0) is 17.8 Å². The molecule has 122 valence electrons. The first-order chi connectivity index (χ1) is 10.9. The quantitative estimate of drug-likeness (QED) is 0.923. The van der Waals surface area contributed by atoms with Gasteiger partial charge in [0.2, 0.25) is 5.91 Å². The molecule has 0 aliphatic carbocycles. The minimum absolute atomic E-state index is 0.0367. The molecular formula is C18H23N3O2. The van der Waals surface area contributed by atoms with Gasteiger partial charge in [0.15, 0.2) is 0 Å². The Balaban J connectivity index is 2.13. The van der Waals surface area contributed by atoms with Gasteiger partial charge >= 0.3 is 0 Å². The number of rotatable bonds is 5. The van der Waals surface area contributed by atoms with Gasteiger partial charge in [-0.3, -0.25) is 14.2 Å². The van der Waals surface area contributed by atoms with Gasteiger partial charge in [0.25, 0.3) is 5.56 Å². The van der Waals surface area contributed by atoms with E-state index in [0.717, 1.165) is 40.9 Å². The minimum atomic E-state index is -0.229. The zero-order valence-electron chi connectivity index (χ0n) is 14.1. The van der Waals surface area contributed by atoms with Crippen molar-refractivity contribution < 1.29 is 4.79 Å². The number of nitrogens with one attached hydrogen (secondary N) is 1. The molecule has 2 aromatic rings. The highest BCUT2D eigenvalue weighted by Gasteiger charge is 2.10. The summed E-state index contributed by atoms with van der Waals surface area (Å²) in [5.41, 5.74) is 4.56. The topological polar surface area (TPSA) is 64.0 Å². The summed E-state index contributed by atoms with van der Waals surface area (Å²) in [5.74, 6) is -0.229. The average Bonchev–Trinajstić information content (AvgIpc) is 2.46. The average molecular weight is 313 g/mol. The van der Waals surface area contributed by atoms with Crippen LogP contribution in [0.3, 0.4) is 0 Å². The molecule has 5 nitrogen and oxygen atoms in total. The van der Waals surface area contributed by atoms with E-state index in [2.05, 4.69) is 10.3 Å². The number of nitrogens with zero attached hydrogens (tertiary/aromatic N) is 2. The summed E-state index contributed by atoms with van der Waals surface area (Å²) in [4.78, 5) is 28.5. The van der Waals surface area contributed by atoms with Crippen LogP contribution in [0.5, 0.6) is 0 Å². The molecule has 5 heteroatoms. The van der Waals surface area contributed by atoms with E-state index >= 15 is 0 Å². The lowest BCUT2D eigenvalue weighted by atomic mass is 10.1. The van der Waals surface area contributed by atoms with E-state index < -0.39 is 0 Å². The van der Waals surface area contributed by atoms with Gasteiger partial charge in [-0.15, -0.1) is 0 Å². The van der Waals surface area contributed by atoms with E-state index in [0.29, 0.717) is 0 Å². The van der Waals surface area contributed by atoms with Crippen molar-refractivity contribution in [3.63, 3.8) is 0 Å². The minimum Gasteiger partial charge on any atom is -0.324 e. The summed E-state index contributed by atoms with van der Waals surface area (Å²) in [5, 5.41) is 2.89. The molecule has 0 saturated carbocycles. The van der Waals surface area contributed by atoms with Gasteiger partial charge in [0.1, 0.15) is 6.54 Å². The van der Waals surface area contributed by atoms with Crippen molar-refractivity contribution in [2.75, 3.05) is 5.32 Å². The van der Waals surface area contributed by atoms with Gasteiger partial charge in [0, 0.05) is 17.4 Å². The van der Waals surface area contributed by atoms with Crippen molar-refractivity contribution >= 4 is 11.6 Å². The fourth-order valence-electron chi connectivity index (χ4n) is 2.69. The highest BCUT2D eigenvalue weighted by atomic mass is 16.2. The van der Waals surface area contributed by atoms with Crippen molar-refractivity contribution in [3.05, 3.63) is 57.3 Å². The lowest BCUT2D eigenvalue weighted by Gasteiger charge is -2.13. The van der Waals surface area contributed by atoms with Gasteiger partial charge in [-0.05, 0) is 38.3 Å². The monoisotopic (exact) mass is 313 g/mol. The van der Waals surface area contributed by atoms with Crippen LogP contribution in [0.25, 0.3) is 0 Å². The van der Waals surface area contributed by atoms with E-state index in [1.54, 1.807) is 0 Å². The van der Waals surface area contributed by atoms with Crippen LogP contribution in [0.15, 0.2) is 29.3 Å². The maximum atomic E-state index is 12.2. The van der Waals surface area contributed by atoms with Crippen molar-refractivity contribution in [2.24, 2.45) is 0 Å². The van der Waals surface area contributed by atoms with Crippen molar-refractivity contribution in [3.8, 4) is 0 Å². The van der Waals surface area contributed by atoms with Crippen LogP contribution in [0.4, 0.5) is 5.69 Å². The molecular weight excluding hydrogens is 290 g/mol. The molecule has 2 rings (SSSR count). The highest BCUT2D eigenvalue weighted by molar-refractivity contribution is 5.92. The molecule has 0 saturated heterocycles. The summed E-state index contributed by atoms with van der Waals surface area (Å²) in [6.07, 6.45) is 3.15. The summed E-state index contributed by atoms with van der Waals surface area (Å²) < 4.78 is 1.33. The Morgan fingerprint density at radius 3 is 2.39 bits per heavy atom. The third-order valence-corrected chi connectivity index (χ3v) is 3.70. The number of hydrogen-bond acceptors (Lipinski definition) is 3. The number of hydrogen-bond donors (Lipinski definition) is 1. The molecule has 0 unspecified atom stereocenters. The molecule has 1 aromatic carbocycles. The Morgan fingerprint density at radius 1 is 1.17 bits per heavy atom. The predicted octanol–water partition coefficient (Wildman–Crippen LogP) is 2.76. The molecule has 0 atom stereocenters. The SMILES string of the molecule is CCCc1cc(=O)n(CC(=O)Nc2c(C)cc(C)cc2C)cn1. The second kappa shape index (κ2) is 7.22. The van der Waals surface area contributed by atoms with Crippen LogP contribution in [0.1, 0.15) is 35.7 Å². The lowest BCUT2D eigenvalue weighted by molar-refractivity contribution is -0.116. The summed E-state index contributed by atoms with van der Waals surface area (Å²) in [6, 6.07) is 5.55. The standard InChI is InChI=1S/C18H23N3O2/c1-5-6-15-9-17(23)21(11-19-15)10-16(22)20-18-13(3)7-12(2)8-14(18)4/h7-9,11H,5-6,10H2,1-4H3,(H,20,22). The van der Waals surface area contributed by atoms with E-state index in [9.17, 15) is 9.59 Å². The first kappa shape index (κ1) is 16.9. The van der Waals surface area contributed by atoms with Crippen molar-refractivity contribution in [2.45, 2.75) is 47.1 Å². The smallest absolute Gasteiger partial charge is 0.253 e. The predicted molar refractivity (Wildman–Crippen MR) is 91.8 cm³/mol. The van der Waals surface area contributed by atoms with Crippen LogP contribution >= 0.6 is 0 Å². The Hall–Kier alpha value is -2.43. The highest BCUT2D eigenvalue weighted by Crippen LogP contribution is 2.21. The molecule has 1 aromatic heterocycles. The summed E-state index contributed by atoms with van der Waals surface area (Å²) >= 11 is 0. The van der Waals surface area contributed by atoms with E-state index in [-0.39, 0.29) is 18.0 Å². The molecule has 0 spiro atoms. The van der Waals surface area contributed by atoms with E-state index in [4.69, 9.17) is 0 Å². The Labute approximate surface area is 136 Å². The Bertz CT molecular complexity index is 755. The first-order valence-corrected chi connectivity index (χ1v) is 7.83. The van der Waals surface area contributed by atoms with Gasteiger partial charge in [-0.2, -0.15) is 0 Å². The molecule has 0 aliphatic rings. The Kier molecular flexibility index (Phi) is 5.32.